The van der Waals surface area contributed by atoms with E-state index in [1.165, 1.54) is 77.0 Å². The smallest absolute Gasteiger partial charge is 0.311 e. The number of hydrogen-bond donors (Lipinski definition) is 0. The summed E-state index contributed by atoms with van der Waals surface area (Å²) in [5, 5.41) is 0. The van der Waals surface area contributed by atoms with E-state index in [4.69, 9.17) is 18.9 Å². The number of esters is 4. The maximum atomic E-state index is 12.5. The van der Waals surface area contributed by atoms with E-state index in [-0.39, 0.29) is 36.7 Å². The number of benzene rings is 2. The summed E-state index contributed by atoms with van der Waals surface area (Å²) in [7, 11) is 0. The Balaban J connectivity index is 1.10. The molecule has 3 rings (SSSR count). The summed E-state index contributed by atoms with van der Waals surface area (Å²) in [6.45, 7) is 10.8. The summed E-state index contributed by atoms with van der Waals surface area (Å²) in [5.74, 6) is 0.0299. The van der Waals surface area contributed by atoms with E-state index in [0.29, 0.717) is 37.6 Å². The highest BCUT2D eigenvalue weighted by atomic mass is 16.5. The van der Waals surface area contributed by atoms with Crippen molar-refractivity contribution in [1.29, 1.82) is 0 Å². The van der Waals surface area contributed by atoms with Crippen molar-refractivity contribution in [3.05, 3.63) is 108 Å². The molecule has 2 aromatic carbocycles. The Morgan fingerprint density at radius 2 is 0.736 bits per heavy atom. The van der Waals surface area contributed by atoms with Crippen LogP contribution >= 0.6 is 0 Å². The first-order chi connectivity index (χ1) is 35.3. The van der Waals surface area contributed by atoms with Gasteiger partial charge >= 0.3 is 23.9 Å². The number of allylic oxidation sites excluding steroid dienone is 8. The molecule has 400 valence electrons. The molecule has 0 aliphatic carbocycles. The maximum absolute atomic E-state index is 12.5. The van der Waals surface area contributed by atoms with Gasteiger partial charge in [-0.25, -0.2) is 0 Å². The van der Waals surface area contributed by atoms with Gasteiger partial charge in [0, 0.05) is 52.1 Å². The zero-order valence-electron chi connectivity index (χ0n) is 44.9. The predicted octanol–water partition coefficient (Wildman–Crippen LogP) is 14.4. The molecule has 0 unspecified atom stereocenters. The zero-order chi connectivity index (χ0) is 51.4. The minimum atomic E-state index is -0.263. The van der Waals surface area contributed by atoms with Gasteiger partial charge in [0.05, 0.1) is 26.1 Å². The molecule has 0 radical (unpaired) electrons. The minimum Gasteiger partial charge on any atom is -0.465 e. The summed E-state index contributed by atoms with van der Waals surface area (Å²) >= 11 is 0. The van der Waals surface area contributed by atoms with E-state index >= 15 is 0 Å². The molecule has 0 saturated carbocycles. The van der Waals surface area contributed by atoms with Crippen LogP contribution in [0.1, 0.15) is 192 Å². The predicted molar refractivity (Wildman–Crippen MR) is 294 cm³/mol. The van der Waals surface area contributed by atoms with E-state index in [9.17, 15) is 19.2 Å². The van der Waals surface area contributed by atoms with Crippen LogP contribution in [0, 0.1) is 0 Å². The summed E-state index contributed by atoms with van der Waals surface area (Å²) in [6.07, 6.45) is 46.1. The lowest BCUT2D eigenvalue weighted by Crippen LogP contribution is -2.47. The molecule has 1 fully saturated rings. The third-order valence-electron chi connectivity index (χ3n) is 12.9. The summed E-state index contributed by atoms with van der Waals surface area (Å²) < 4.78 is 22.1. The van der Waals surface area contributed by atoms with Crippen LogP contribution in [0.5, 0.6) is 11.5 Å². The summed E-state index contributed by atoms with van der Waals surface area (Å²) in [5.41, 5.74) is 1.64. The SMILES string of the molecule is CCCCC/C=C\C/C=C\CCCCCCCC(=O)Oc1ccc(CC(=O)OCCCN2CCN(CCCOC(=O)Cc3ccc(OC(=O)CCCCCCC/C=C\C/C=C\CCCCC)cc3)CC2)cc1. The van der Waals surface area contributed by atoms with E-state index in [0.717, 1.165) is 127 Å². The molecular weight excluding hydrogens is 901 g/mol. The Kier molecular flexibility index (Phi) is 36.5. The van der Waals surface area contributed by atoms with Crippen molar-refractivity contribution in [2.75, 3.05) is 52.5 Å². The molecule has 72 heavy (non-hydrogen) atoms. The van der Waals surface area contributed by atoms with Gasteiger partial charge in [0.25, 0.3) is 0 Å². The number of ether oxygens (including phenoxy) is 4. The van der Waals surface area contributed by atoms with Crippen molar-refractivity contribution in [3.8, 4) is 11.5 Å². The molecule has 0 bridgehead atoms. The van der Waals surface area contributed by atoms with Crippen LogP contribution in [-0.4, -0.2) is 86.2 Å². The second-order valence-electron chi connectivity index (χ2n) is 19.4. The topological polar surface area (TPSA) is 112 Å². The van der Waals surface area contributed by atoms with Gasteiger partial charge in [-0.3, -0.25) is 19.2 Å². The zero-order valence-corrected chi connectivity index (χ0v) is 44.9. The first-order valence-corrected chi connectivity index (χ1v) is 28.3. The quantitative estimate of drug-likeness (QED) is 0.0276. The number of carbonyl (C=O) groups is 4. The van der Waals surface area contributed by atoms with Gasteiger partial charge in [0.15, 0.2) is 0 Å². The lowest BCUT2D eigenvalue weighted by Gasteiger charge is -2.34. The molecule has 1 saturated heterocycles. The average molecular weight is 995 g/mol. The van der Waals surface area contributed by atoms with Crippen LogP contribution in [0.2, 0.25) is 0 Å². The maximum Gasteiger partial charge on any atom is 0.311 e. The van der Waals surface area contributed by atoms with E-state index in [1.54, 1.807) is 24.3 Å². The van der Waals surface area contributed by atoms with Crippen molar-refractivity contribution >= 4 is 23.9 Å². The number of unbranched alkanes of at least 4 members (excludes halogenated alkanes) is 16. The average Bonchev–Trinajstić information content (AvgIpc) is 3.38. The lowest BCUT2D eigenvalue weighted by molar-refractivity contribution is -0.144. The van der Waals surface area contributed by atoms with Crippen LogP contribution in [0.25, 0.3) is 0 Å². The van der Waals surface area contributed by atoms with Gasteiger partial charge in [-0.2, -0.15) is 0 Å². The van der Waals surface area contributed by atoms with Crippen molar-refractivity contribution in [2.24, 2.45) is 0 Å². The van der Waals surface area contributed by atoms with Crippen LogP contribution < -0.4 is 9.47 Å². The Morgan fingerprint density at radius 1 is 0.403 bits per heavy atom. The number of nitrogens with zero attached hydrogens (tertiary/aromatic N) is 2. The van der Waals surface area contributed by atoms with E-state index < -0.39 is 0 Å². The fourth-order valence-corrected chi connectivity index (χ4v) is 8.50. The van der Waals surface area contributed by atoms with Gasteiger partial charge in [-0.05, 0) is 125 Å². The highest BCUT2D eigenvalue weighted by Crippen LogP contribution is 2.18. The monoisotopic (exact) mass is 995 g/mol. The van der Waals surface area contributed by atoms with Crippen LogP contribution in [0.4, 0.5) is 0 Å². The number of rotatable bonds is 42. The Hall–Kier alpha value is -4.80. The first kappa shape index (κ1) is 61.5. The molecule has 0 spiro atoms. The summed E-state index contributed by atoms with van der Waals surface area (Å²) in [6, 6.07) is 14.2. The van der Waals surface area contributed by atoms with Crippen LogP contribution in [0.15, 0.2) is 97.1 Å². The Bertz CT molecular complexity index is 1690. The van der Waals surface area contributed by atoms with Crippen LogP contribution in [0.3, 0.4) is 0 Å². The van der Waals surface area contributed by atoms with Crippen molar-refractivity contribution in [2.45, 2.75) is 194 Å². The highest BCUT2D eigenvalue weighted by Gasteiger charge is 2.17. The first-order valence-electron chi connectivity index (χ1n) is 28.3. The summed E-state index contributed by atoms with van der Waals surface area (Å²) in [4.78, 5) is 54.5. The molecule has 10 heteroatoms. The molecule has 0 atom stereocenters. The number of hydrogen-bond acceptors (Lipinski definition) is 10. The van der Waals surface area contributed by atoms with E-state index in [1.807, 2.05) is 24.3 Å². The van der Waals surface area contributed by atoms with Gasteiger partial charge in [-0.1, -0.05) is 151 Å². The second-order valence-corrected chi connectivity index (χ2v) is 19.4. The second kappa shape index (κ2) is 42.7. The van der Waals surface area contributed by atoms with Gasteiger partial charge in [0.2, 0.25) is 0 Å². The largest absolute Gasteiger partial charge is 0.465 e. The third-order valence-corrected chi connectivity index (χ3v) is 12.9. The molecule has 10 nitrogen and oxygen atoms in total. The van der Waals surface area contributed by atoms with Crippen molar-refractivity contribution < 1.29 is 38.1 Å². The van der Waals surface area contributed by atoms with Gasteiger partial charge in [0.1, 0.15) is 11.5 Å². The molecule has 0 N–H and O–H groups in total. The Labute approximate surface area is 436 Å². The van der Waals surface area contributed by atoms with Gasteiger partial charge in [-0.15, -0.1) is 0 Å². The number of carbonyl (C=O) groups excluding carboxylic acids is 4. The fourth-order valence-electron chi connectivity index (χ4n) is 8.50. The lowest BCUT2D eigenvalue weighted by atomic mass is 10.1. The van der Waals surface area contributed by atoms with Crippen molar-refractivity contribution in [3.63, 3.8) is 0 Å². The van der Waals surface area contributed by atoms with Crippen LogP contribution in [-0.2, 0) is 41.5 Å². The molecule has 0 aromatic heterocycles. The minimum absolute atomic E-state index is 0.178. The van der Waals surface area contributed by atoms with Crippen molar-refractivity contribution in [1.82, 2.24) is 9.80 Å². The molecule has 1 aliphatic heterocycles. The molecule has 2 aromatic rings. The molecule has 0 amide bonds. The van der Waals surface area contributed by atoms with E-state index in [2.05, 4.69) is 72.3 Å². The Morgan fingerprint density at radius 3 is 1.10 bits per heavy atom. The fraction of sp³-hybridized carbons (Fsp3) is 0.613. The molecular formula is C62H94N2O8. The standard InChI is InChI=1S/C62H94N2O8/c1-3-5-7-9-11-13-15-17-19-21-23-25-27-29-31-35-59(65)71-57-41-37-55(38-42-57)53-61(67)69-51-33-45-63-47-49-64(50-48-63)46-34-52-70-62(68)54-56-39-43-58(44-40-56)72-60(66)36-32-30-28-26-24-22-20-18-16-14-12-10-8-6-4-2/h11-14,17-20,37-44H,3-10,15-16,21-36,45-54H2,1-2H3/b13-11-,14-12-,19-17-,20-18-. The third kappa shape index (κ3) is 33.8. The molecule has 1 heterocycles. The number of piperazine rings is 1. The normalized spacial score (nSPS) is 13.5. The highest BCUT2D eigenvalue weighted by molar-refractivity contribution is 5.74. The van der Waals surface area contributed by atoms with Gasteiger partial charge < -0.3 is 28.7 Å². The molecule has 1 aliphatic rings.